The van der Waals surface area contributed by atoms with Crippen molar-refractivity contribution in [2.45, 2.75) is 47.5 Å². The van der Waals surface area contributed by atoms with Crippen LogP contribution in [-0.4, -0.2) is 18.1 Å². The molecular weight excluding hydrogens is 246 g/mol. The van der Waals surface area contributed by atoms with Crippen LogP contribution in [0.1, 0.15) is 51.8 Å². The number of anilines is 1. The lowest BCUT2D eigenvalue weighted by molar-refractivity contribution is 0.532. The first kappa shape index (κ1) is 16.5. The van der Waals surface area contributed by atoms with Gasteiger partial charge in [-0.05, 0) is 43.7 Å². The van der Waals surface area contributed by atoms with E-state index in [1.165, 1.54) is 0 Å². The van der Waals surface area contributed by atoms with Crippen LogP contribution in [0.4, 0.5) is 5.82 Å². The molecule has 0 aliphatic carbocycles. The molecule has 0 radical (unpaired) electrons. The maximum absolute atomic E-state index is 9.30. The molecule has 0 aliphatic rings. The summed E-state index contributed by atoms with van der Waals surface area (Å²) in [6.45, 7) is 12.8. The van der Waals surface area contributed by atoms with Crippen molar-refractivity contribution in [1.29, 1.82) is 5.26 Å². The molecule has 0 amide bonds. The lowest BCUT2D eigenvalue weighted by Crippen LogP contribution is -2.29. The van der Waals surface area contributed by atoms with Gasteiger partial charge in [0, 0.05) is 18.8 Å². The van der Waals surface area contributed by atoms with Gasteiger partial charge in [0.05, 0.1) is 5.56 Å². The Morgan fingerprint density at radius 1 is 1.10 bits per heavy atom. The summed E-state index contributed by atoms with van der Waals surface area (Å²) in [5.41, 5.74) is 1.65. The Hall–Kier alpha value is -1.56. The van der Waals surface area contributed by atoms with Gasteiger partial charge < -0.3 is 4.90 Å². The van der Waals surface area contributed by atoms with Crippen LogP contribution in [0.2, 0.25) is 0 Å². The van der Waals surface area contributed by atoms with Gasteiger partial charge in [-0.2, -0.15) is 5.26 Å². The molecule has 0 N–H and O–H groups in total. The van der Waals surface area contributed by atoms with Crippen LogP contribution in [0.15, 0.2) is 12.1 Å². The predicted octanol–water partition coefficient (Wildman–Crippen LogP) is 4.16. The van der Waals surface area contributed by atoms with Gasteiger partial charge in [-0.3, -0.25) is 0 Å². The molecule has 110 valence electrons. The van der Waals surface area contributed by atoms with Crippen LogP contribution in [0, 0.1) is 30.1 Å². The lowest BCUT2D eigenvalue weighted by Gasteiger charge is -2.26. The molecule has 1 aromatic heterocycles. The van der Waals surface area contributed by atoms with E-state index in [0.717, 1.165) is 37.4 Å². The minimum absolute atomic E-state index is 0.659. The highest BCUT2D eigenvalue weighted by Gasteiger charge is 2.14. The third kappa shape index (κ3) is 5.21. The van der Waals surface area contributed by atoms with E-state index in [1.54, 1.807) is 0 Å². The van der Waals surface area contributed by atoms with Crippen LogP contribution < -0.4 is 4.90 Å². The Labute approximate surface area is 123 Å². The van der Waals surface area contributed by atoms with E-state index >= 15 is 0 Å². The number of hydrogen-bond acceptors (Lipinski definition) is 3. The Balaban J connectivity index is 2.96. The average molecular weight is 273 g/mol. The zero-order valence-electron chi connectivity index (χ0n) is 13.5. The summed E-state index contributed by atoms with van der Waals surface area (Å²) in [6.07, 6.45) is 2.25. The number of aromatic nitrogens is 1. The smallest absolute Gasteiger partial charge is 0.146 e. The molecule has 3 heteroatoms. The summed E-state index contributed by atoms with van der Waals surface area (Å²) in [6, 6.07) is 6.07. The van der Waals surface area contributed by atoms with Crippen LogP contribution in [-0.2, 0) is 0 Å². The van der Waals surface area contributed by atoms with Crippen LogP contribution >= 0.6 is 0 Å². The summed E-state index contributed by atoms with van der Waals surface area (Å²) in [5.74, 6) is 2.17. The van der Waals surface area contributed by atoms with Crippen molar-refractivity contribution >= 4 is 5.82 Å². The van der Waals surface area contributed by atoms with E-state index in [9.17, 15) is 5.26 Å². The number of nitrogens with zero attached hydrogens (tertiary/aromatic N) is 3. The Kier molecular flexibility index (Phi) is 6.51. The topological polar surface area (TPSA) is 39.9 Å². The molecule has 0 spiro atoms. The number of pyridine rings is 1. The van der Waals surface area contributed by atoms with Gasteiger partial charge in [-0.25, -0.2) is 4.98 Å². The zero-order chi connectivity index (χ0) is 15.1. The molecule has 0 bridgehead atoms. The van der Waals surface area contributed by atoms with Gasteiger partial charge in [0.2, 0.25) is 0 Å². The van der Waals surface area contributed by atoms with Crippen LogP contribution in [0.5, 0.6) is 0 Å². The zero-order valence-corrected chi connectivity index (χ0v) is 13.5. The predicted molar refractivity (Wildman–Crippen MR) is 84.8 cm³/mol. The van der Waals surface area contributed by atoms with Crippen molar-refractivity contribution in [2.24, 2.45) is 11.8 Å². The van der Waals surface area contributed by atoms with Crippen molar-refractivity contribution in [3.8, 4) is 6.07 Å². The minimum atomic E-state index is 0.659. The summed E-state index contributed by atoms with van der Waals surface area (Å²) < 4.78 is 0. The summed E-state index contributed by atoms with van der Waals surface area (Å²) in [5, 5.41) is 9.30. The van der Waals surface area contributed by atoms with Crippen molar-refractivity contribution in [1.82, 2.24) is 4.98 Å². The minimum Gasteiger partial charge on any atom is -0.355 e. The standard InChI is InChI=1S/C17H27N3/c1-13(2)8-10-20(11-9-14(3)4)17-16(12-18)7-6-15(5)19-17/h6-7,13-14H,8-11H2,1-5H3. The van der Waals surface area contributed by atoms with Gasteiger partial charge in [0.25, 0.3) is 0 Å². The third-order valence-electron chi connectivity index (χ3n) is 3.39. The number of rotatable bonds is 7. The normalized spacial score (nSPS) is 10.9. The second-order valence-electron chi connectivity index (χ2n) is 6.29. The molecule has 0 saturated carbocycles. The largest absolute Gasteiger partial charge is 0.355 e. The molecule has 0 aromatic carbocycles. The van der Waals surface area contributed by atoms with Gasteiger partial charge in [-0.1, -0.05) is 27.7 Å². The second-order valence-corrected chi connectivity index (χ2v) is 6.29. The highest BCUT2D eigenvalue weighted by atomic mass is 15.2. The van der Waals surface area contributed by atoms with Crippen molar-refractivity contribution < 1.29 is 0 Å². The molecule has 3 nitrogen and oxygen atoms in total. The molecule has 1 aromatic rings. The molecule has 1 rings (SSSR count). The van der Waals surface area contributed by atoms with Gasteiger partial charge >= 0.3 is 0 Å². The van der Waals surface area contributed by atoms with E-state index in [4.69, 9.17) is 0 Å². The van der Waals surface area contributed by atoms with E-state index < -0.39 is 0 Å². The molecule has 0 saturated heterocycles. The maximum atomic E-state index is 9.30. The molecular formula is C17H27N3. The number of aryl methyl sites for hydroxylation is 1. The van der Waals surface area contributed by atoms with Crippen molar-refractivity contribution in [3.63, 3.8) is 0 Å². The van der Waals surface area contributed by atoms with E-state index in [1.807, 2.05) is 19.1 Å². The Bertz CT molecular complexity index is 446. The van der Waals surface area contributed by atoms with E-state index in [-0.39, 0.29) is 0 Å². The second kappa shape index (κ2) is 7.89. The highest BCUT2D eigenvalue weighted by Crippen LogP contribution is 2.20. The lowest BCUT2D eigenvalue weighted by atomic mass is 10.1. The number of nitriles is 1. The SMILES string of the molecule is Cc1ccc(C#N)c(N(CCC(C)C)CCC(C)C)n1. The first-order valence-corrected chi connectivity index (χ1v) is 7.56. The Morgan fingerprint density at radius 2 is 1.65 bits per heavy atom. The van der Waals surface area contributed by atoms with Gasteiger partial charge in [0.15, 0.2) is 0 Å². The molecule has 0 atom stereocenters. The summed E-state index contributed by atoms with van der Waals surface area (Å²) in [7, 11) is 0. The maximum Gasteiger partial charge on any atom is 0.146 e. The molecule has 20 heavy (non-hydrogen) atoms. The quantitative estimate of drug-likeness (QED) is 0.749. The fourth-order valence-corrected chi connectivity index (χ4v) is 2.02. The fourth-order valence-electron chi connectivity index (χ4n) is 2.02. The van der Waals surface area contributed by atoms with Crippen LogP contribution in [0.25, 0.3) is 0 Å². The highest BCUT2D eigenvalue weighted by molar-refractivity contribution is 5.54. The van der Waals surface area contributed by atoms with Crippen LogP contribution in [0.3, 0.4) is 0 Å². The molecule has 0 fully saturated rings. The molecule has 1 heterocycles. The van der Waals surface area contributed by atoms with Gasteiger partial charge in [-0.15, -0.1) is 0 Å². The summed E-state index contributed by atoms with van der Waals surface area (Å²) >= 11 is 0. The number of hydrogen-bond donors (Lipinski definition) is 0. The van der Waals surface area contributed by atoms with Crippen molar-refractivity contribution in [2.75, 3.05) is 18.0 Å². The first-order valence-electron chi connectivity index (χ1n) is 7.56. The molecule has 0 aliphatic heterocycles. The summed E-state index contributed by atoms with van der Waals surface area (Å²) in [4.78, 5) is 6.89. The first-order chi connectivity index (χ1) is 9.43. The fraction of sp³-hybridized carbons (Fsp3) is 0.647. The third-order valence-corrected chi connectivity index (χ3v) is 3.39. The van der Waals surface area contributed by atoms with Gasteiger partial charge in [0.1, 0.15) is 11.9 Å². The monoisotopic (exact) mass is 273 g/mol. The van der Waals surface area contributed by atoms with E-state index in [0.29, 0.717) is 17.4 Å². The van der Waals surface area contributed by atoms with Crippen molar-refractivity contribution in [3.05, 3.63) is 23.4 Å². The van der Waals surface area contributed by atoms with E-state index in [2.05, 4.69) is 43.6 Å². The average Bonchev–Trinajstić information content (AvgIpc) is 2.38. The Morgan fingerprint density at radius 3 is 2.10 bits per heavy atom. The molecule has 0 unspecified atom stereocenters.